The van der Waals surface area contributed by atoms with Crippen LogP contribution in [-0.4, -0.2) is 67.8 Å². The van der Waals surface area contributed by atoms with Gasteiger partial charge >= 0.3 is 11.8 Å². The number of amides is 3. The number of nitrogens with zero attached hydrogens (tertiary/aromatic N) is 2. The number of hydrogen-bond donors (Lipinski definition) is 3. The highest BCUT2D eigenvalue weighted by atomic mass is 35.5. The third-order valence-corrected chi connectivity index (χ3v) is 6.51. The van der Waals surface area contributed by atoms with E-state index in [4.69, 9.17) is 11.6 Å². The third kappa shape index (κ3) is 9.10. The number of piperidine rings is 1. The number of nitrogens with one attached hydrogen (secondary N) is 3. The molecule has 37 heavy (non-hydrogen) atoms. The highest BCUT2D eigenvalue weighted by molar-refractivity contribution is 6.35. The number of anilines is 1. The van der Waals surface area contributed by atoms with Gasteiger partial charge in [0.15, 0.2) is 0 Å². The second-order valence-corrected chi connectivity index (χ2v) is 9.91. The van der Waals surface area contributed by atoms with Crippen molar-refractivity contribution in [2.45, 2.75) is 38.8 Å². The van der Waals surface area contributed by atoms with Gasteiger partial charge in [0.05, 0.1) is 5.02 Å². The summed E-state index contributed by atoms with van der Waals surface area (Å²) < 4.78 is 13.8. The Morgan fingerprint density at radius 1 is 0.973 bits per heavy atom. The van der Waals surface area contributed by atoms with Gasteiger partial charge in [-0.1, -0.05) is 24.1 Å². The average molecular weight is 532 g/mol. The molecule has 3 N–H and O–H groups in total. The lowest BCUT2D eigenvalue weighted by Gasteiger charge is -2.27. The van der Waals surface area contributed by atoms with E-state index in [0.29, 0.717) is 24.3 Å². The summed E-state index contributed by atoms with van der Waals surface area (Å²) in [6, 6.07) is 9.32. The summed E-state index contributed by atoms with van der Waals surface area (Å²) in [6.45, 7) is 3.94. The Kier molecular flexibility index (Phi) is 10.9. The largest absolute Gasteiger partial charge is 0.348 e. The van der Waals surface area contributed by atoms with Crippen LogP contribution >= 0.6 is 11.6 Å². The van der Waals surface area contributed by atoms with Gasteiger partial charge in [-0.05, 0) is 94.5 Å². The molecule has 0 unspecified atom stereocenters. The fourth-order valence-corrected chi connectivity index (χ4v) is 4.27. The minimum atomic E-state index is -0.694. The monoisotopic (exact) mass is 531 g/mol. The number of hydrogen-bond acceptors (Lipinski definition) is 5. The molecule has 0 atom stereocenters. The zero-order chi connectivity index (χ0) is 26.8. The van der Waals surface area contributed by atoms with Crippen molar-refractivity contribution < 1.29 is 18.8 Å². The van der Waals surface area contributed by atoms with Crippen LogP contribution in [0.1, 0.15) is 47.2 Å². The third-order valence-electron chi connectivity index (χ3n) is 6.20. The number of carbonyl (C=O) groups is 3. The molecule has 3 rings (SSSR count). The van der Waals surface area contributed by atoms with E-state index in [-0.39, 0.29) is 17.5 Å². The van der Waals surface area contributed by atoms with E-state index in [1.807, 2.05) is 19.0 Å². The first-order chi connectivity index (χ1) is 17.7. The predicted octanol–water partition coefficient (Wildman–Crippen LogP) is 3.40. The molecule has 1 saturated heterocycles. The van der Waals surface area contributed by atoms with Gasteiger partial charge in [0.2, 0.25) is 0 Å². The van der Waals surface area contributed by atoms with Crippen molar-refractivity contribution >= 4 is 35.0 Å². The van der Waals surface area contributed by atoms with Crippen molar-refractivity contribution in [3.63, 3.8) is 0 Å². The molecule has 10 heteroatoms. The van der Waals surface area contributed by atoms with Crippen molar-refractivity contribution in [2.24, 2.45) is 0 Å². The number of carbonyl (C=O) groups excluding carboxylic acids is 3. The zero-order valence-corrected chi connectivity index (χ0v) is 22.2. The van der Waals surface area contributed by atoms with Crippen LogP contribution < -0.4 is 16.0 Å². The predicted molar refractivity (Wildman–Crippen MR) is 143 cm³/mol. The molecule has 1 aliphatic heterocycles. The highest BCUT2D eigenvalue weighted by Gasteiger charge is 2.18. The fraction of sp³-hybridized carbons (Fsp3) is 0.444. The van der Waals surface area contributed by atoms with Gasteiger partial charge in [-0.2, -0.15) is 0 Å². The zero-order valence-electron chi connectivity index (χ0n) is 21.4. The van der Waals surface area contributed by atoms with E-state index in [2.05, 4.69) is 20.9 Å². The first-order valence-corrected chi connectivity index (χ1v) is 12.9. The molecule has 8 nitrogen and oxygen atoms in total. The van der Waals surface area contributed by atoms with Gasteiger partial charge in [0.25, 0.3) is 5.91 Å². The minimum Gasteiger partial charge on any atom is -0.348 e. The summed E-state index contributed by atoms with van der Waals surface area (Å²) in [5, 5.41) is 8.00. The highest BCUT2D eigenvalue weighted by Crippen LogP contribution is 2.21. The van der Waals surface area contributed by atoms with Gasteiger partial charge in [0.1, 0.15) is 5.82 Å². The lowest BCUT2D eigenvalue weighted by Crippen LogP contribution is -2.40. The normalized spacial score (nSPS) is 13.9. The molecule has 1 fully saturated rings. The molecular weight excluding hydrogens is 497 g/mol. The summed E-state index contributed by atoms with van der Waals surface area (Å²) in [6.07, 6.45) is 4.17. The number of halogens is 2. The molecule has 200 valence electrons. The van der Waals surface area contributed by atoms with Crippen molar-refractivity contribution in [1.29, 1.82) is 0 Å². The van der Waals surface area contributed by atoms with E-state index in [9.17, 15) is 18.8 Å². The first-order valence-electron chi connectivity index (χ1n) is 12.5. The Bertz CT molecular complexity index is 1110. The van der Waals surface area contributed by atoms with E-state index >= 15 is 0 Å². The molecule has 0 saturated carbocycles. The van der Waals surface area contributed by atoms with Crippen LogP contribution in [0.25, 0.3) is 0 Å². The summed E-state index contributed by atoms with van der Waals surface area (Å²) in [5.41, 5.74) is 2.44. The van der Waals surface area contributed by atoms with Gasteiger partial charge in [-0.3, -0.25) is 19.3 Å². The lowest BCUT2D eigenvalue weighted by atomic mass is 10.0. The molecule has 1 aliphatic rings. The number of rotatable bonds is 10. The molecule has 0 aliphatic carbocycles. The van der Waals surface area contributed by atoms with Crippen LogP contribution in [0.4, 0.5) is 10.1 Å². The van der Waals surface area contributed by atoms with E-state index in [1.54, 1.807) is 18.2 Å². The van der Waals surface area contributed by atoms with Crippen molar-refractivity contribution in [1.82, 2.24) is 20.4 Å². The number of benzene rings is 2. The van der Waals surface area contributed by atoms with Gasteiger partial charge in [0, 0.05) is 30.9 Å². The van der Waals surface area contributed by atoms with Crippen LogP contribution in [-0.2, 0) is 22.7 Å². The fourth-order valence-electron chi connectivity index (χ4n) is 4.16. The molecule has 1 heterocycles. The second kappa shape index (κ2) is 14.1. The van der Waals surface area contributed by atoms with Gasteiger partial charge in [-0.25, -0.2) is 4.39 Å². The first kappa shape index (κ1) is 28.6. The summed E-state index contributed by atoms with van der Waals surface area (Å²) in [4.78, 5) is 41.7. The van der Waals surface area contributed by atoms with E-state index in [0.717, 1.165) is 50.0 Å². The van der Waals surface area contributed by atoms with Crippen LogP contribution in [0.2, 0.25) is 5.02 Å². The van der Waals surface area contributed by atoms with E-state index in [1.165, 1.54) is 24.6 Å². The Balaban J connectivity index is 1.68. The maximum Gasteiger partial charge on any atom is 0.309 e. The maximum atomic E-state index is 13.8. The van der Waals surface area contributed by atoms with Crippen molar-refractivity contribution in [2.75, 3.05) is 45.6 Å². The SMILES string of the molecule is CN(C)CCCNC(=O)C(=O)NCc1ccc(C(=O)Nc2ccc(Cl)c(F)c2)cc1CN1CCCCC1. The molecule has 2 aromatic carbocycles. The van der Waals surface area contributed by atoms with Crippen LogP contribution in [0, 0.1) is 5.82 Å². The van der Waals surface area contributed by atoms with Crippen molar-refractivity contribution in [3.05, 3.63) is 63.9 Å². The van der Waals surface area contributed by atoms with Crippen LogP contribution in [0.5, 0.6) is 0 Å². The van der Waals surface area contributed by atoms with Gasteiger partial charge < -0.3 is 20.9 Å². The topological polar surface area (TPSA) is 93.8 Å². The summed E-state index contributed by atoms with van der Waals surface area (Å²) in [7, 11) is 3.89. The van der Waals surface area contributed by atoms with Crippen LogP contribution in [0.3, 0.4) is 0 Å². The molecular formula is C27H35ClFN5O3. The molecule has 0 radical (unpaired) electrons. The Hall–Kier alpha value is -3.01. The Labute approximate surface area is 222 Å². The van der Waals surface area contributed by atoms with Crippen molar-refractivity contribution in [3.8, 4) is 0 Å². The Morgan fingerprint density at radius 2 is 1.70 bits per heavy atom. The molecule has 3 amide bonds. The molecule has 0 bridgehead atoms. The molecule has 2 aromatic rings. The lowest BCUT2D eigenvalue weighted by molar-refractivity contribution is -0.139. The summed E-state index contributed by atoms with van der Waals surface area (Å²) >= 11 is 5.73. The maximum absolute atomic E-state index is 13.8. The minimum absolute atomic E-state index is 0.0181. The van der Waals surface area contributed by atoms with Gasteiger partial charge in [-0.15, -0.1) is 0 Å². The Morgan fingerprint density at radius 3 is 2.41 bits per heavy atom. The van der Waals surface area contributed by atoms with Crippen LogP contribution in [0.15, 0.2) is 36.4 Å². The average Bonchev–Trinajstić information content (AvgIpc) is 2.88. The standard InChI is InChI=1S/C27H35ClFN5O3/c1-33(2)12-6-11-30-26(36)27(37)31-17-20-8-7-19(15-21(20)18-34-13-4-3-5-14-34)25(35)32-22-9-10-23(28)24(29)16-22/h7-10,15-16H,3-6,11-14,17-18H2,1-2H3,(H,30,36)(H,31,37)(H,32,35). The summed E-state index contributed by atoms with van der Waals surface area (Å²) in [5.74, 6) is -2.35. The second-order valence-electron chi connectivity index (χ2n) is 9.50. The van der Waals surface area contributed by atoms with E-state index < -0.39 is 17.6 Å². The smallest absolute Gasteiger partial charge is 0.309 e. The molecule has 0 aromatic heterocycles. The quantitative estimate of drug-likeness (QED) is 0.323. The molecule has 0 spiro atoms. The number of likely N-dealkylation sites (tertiary alicyclic amines) is 1.